The molecule has 7 heteroatoms. The predicted octanol–water partition coefficient (Wildman–Crippen LogP) is 2.81. The third-order valence-corrected chi connectivity index (χ3v) is 6.43. The number of aromatic nitrogens is 4. The quantitative estimate of drug-likeness (QED) is 0.728. The van der Waals surface area contributed by atoms with Crippen molar-refractivity contribution in [1.29, 1.82) is 0 Å². The highest BCUT2D eigenvalue weighted by Crippen LogP contribution is 2.28. The number of aryl methyl sites for hydroxylation is 1. The number of quaternary nitrogens is 1. The number of hydrogen-bond donors (Lipinski definition) is 1. The Morgan fingerprint density at radius 3 is 3.00 bits per heavy atom. The van der Waals surface area contributed by atoms with Crippen LogP contribution in [0, 0.1) is 4.77 Å². The van der Waals surface area contributed by atoms with Crippen molar-refractivity contribution in [3.63, 3.8) is 0 Å². The minimum Gasteiger partial charge on any atom is -0.308 e. The van der Waals surface area contributed by atoms with Gasteiger partial charge < -0.3 is 9.47 Å². The van der Waals surface area contributed by atoms with Gasteiger partial charge in [0.05, 0.1) is 16.8 Å². The average Bonchev–Trinajstić information content (AvgIpc) is 3.19. The summed E-state index contributed by atoms with van der Waals surface area (Å²) < 4.78 is 6.09. The van der Waals surface area contributed by atoms with Crippen molar-refractivity contribution >= 4 is 33.8 Å². The highest BCUT2D eigenvalue weighted by Gasteiger charge is 2.31. The maximum Gasteiger partial charge on any atom is 0.202 e. The molecule has 0 amide bonds. The van der Waals surface area contributed by atoms with Crippen LogP contribution in [-0.2, 0) is 13.2 Å². The number of rotatable bonds is 4. The van der Waals surface area contributed by atoms with E-state index in [4.69, 9.17) is 17.2 Å². The number of para-hydroxylation sites is 1. The zero-order valence-electron chi connectivity index (χ0n) is 13.8. The molecule has 3 heterocycles. The van der Waals surface area contributed by atoms with Gasteiger partial charge in [0, 0.05) is 13.0 Å². The summed E-state index contributed by atoms with van der Waals surface area (Å²) in [7, 11) is 0. The van der Waals surface area contributed by atoms with Crippen LogP contribution in [0.15, 0.2) is 30.6 Å². The van der Waals surface area contributed by atoms with E-state index in [1.54, 1.807) is 0 Å². The second-order valence-corrected chi connectivity index (χ2v) is 7.76. The molecule has 0 aliphatic carbocycles. The van der Waals surface area contributed by atoms with Crippen LogP contribution in [0.5, 0.6) is 0 Å². The molecule has 1 saturated heterocycles. The third-order valence-electron chi connectivity index (χ3n) is 4.83. The summed E-state index contributed by atoms with van der Waals surface area (Å²) in [6, 6.07) is 8.87. The predicted molar refractivity (Wildman–Crippen MR) is 98.8 cm³/mol. The van der Waals surface area contributed by atoms with Gasteiger partial charge in [-0.2, -0.15) is 9.78 Å². The largest absolute Gasteiger partial charge is 0.308 e. The van der Waals surface area contributed by atoms with Gasteiger partial charge in [0.25, 0.3) is 0 Å². The minimum atomic E-state index is 0.449. The molecule has 3 aromatic rings. The maximum absolute atomic E-state index is 5.54. The van der Waals surface area contributed by atoms with Crippen molar-refractivity contribution < 1.29 is 4.90 Å². The van der Waals surface area contributed by atoms with Gasteiger partial charge >= 0.3 is 0 Å². The molecule has 4 rings (SSSR count). The van der Waals surface area contributed by atoms with E-state index in [0.717, 1.165) is 30.0 Å². The Kier molecular flexibility index (Phi) is 4.47. The fourth-order valence-corrected chi connectivity index (χ4v) is 4.94. The van der Waals surface area contributed by atoms with Crippen molar-refractivity contribution in [3.05, 3.63) is 40.4 Å². The van der Waals surface area contributed by atoms with Crippen molar-refractivity contribution in [2.45, 2.75) is 45.4 Å². The minimum absolute atomic E-state index is 0.449. The highest BCUT2D eigenvalue weighted by atomic mass is 32.1. The van der Waals surface area contributed by atoms with Crippen LogP contribution in [0.1, 0.15) is 37.2 Å². The van der Waals surface area contributed by atoms with Gasteiger partial charge in [-0.15, -0.1) is 11.3 Å². The van der Waals surface area contributed by atoms with E-state index in [9.17, 15) is 0 Å². The van der Waals surface area contributed by atoms with Gasteiger partial charge in [0.2, 0.25) is 4.77 Å². The van der Waals surface area contributed by atoms with Crippen molar-refractivity contribution in [2.24, 2.45) is 0 Å². The fourth-order valence-electron chi connectivity index (χ4n) is 3.49. The average molecular weight is 361 g/mol. The summed E-state index contributed by atoms with van der Waals surface area (Å²) in [5.41, 5.74) is 1.12. The lowest BCUT2D eigenvalue weighted by Crippen LogP contribution is -3.12. The van der Waals surface area contributed by atoms with Gasteiger partial charge in [-0.1, -0.05) is 12.1 Å². The third kappa shape index (κ3) is 2.92. The SMILES string of the molecule is CCn1cnn(C[NH+]2CCCC[C@@H]2c2nc3ccccc3s2)c1=S. The molecular formula is C17H22N5S2+. The van der Waals surface area contributed by atoms with E-state index in [1.165, 1.54) is 33.9 Å². The second kappa shape index (κ2) is 6.74. The first-order valence-electron chi connectivity index (χ1n) is 8.58. The molecule has 1 aliphatic rings. The summed E-state index contributed by atoms with van der Waals surface area (Å²) in [6.07, 6.45) is 5.58. The van der Waals surface area contributed by atoms with Crippen LogP contribution in [0.2, 0.25) is 0 Å². The number of fused-ring (bicyclic) bond motifs is 1. The number of thiazole rings is 1. The Morgan fingerprint density at radius 2 is 2.21 bits per heavy atom. The number of likely N-dealkylation sites (tertiary alicyclic amines) is 1. The summed E-state index contributed by atoms with van der Waals surface area (Å²) >= 11 is 7.38. The van der Waals surface area contributed by atoms with Gasteiger partial charge in [-0.25, -0.2) is 4.98 Å². The van der Waals surface area contributed by atoms with E-state index < -0.39 is 0 Å². The van der Waals surface area contributed by atoms with Gasteiger partial charge in [0.15, 0.2) is 11.7 Å². The van der Waals surface area contributed by atoms with Crippen LogP contribution in [-0.4, -0.2) is 25.9 Å². The summed E-state index contributed by atoms with van der Waals surface area (Å²) in [4.78, 5) is 6.43. The van der Waals surface area contributed by atoms with E-state index in [1.807, 2.05) is 26.9 Å². The first-order chi connectivity index (χ1) is 11.8. The maximum atomic E-state index is 5.54. The van der Waals surface area contributed by atoms with Crippen molar-refractivity contribution in [2.75, 3.05) is 6.54 Å². The Morgan fingerprint density at radius 1 is 1.33 bits per heavy atom. The molecule has 1 aliphatic heterocycles. The first-order valence-corrected chi connectivity index (χ1v) is 9.81. The lowest BCUT2D eigenvalue weighted by molar-refractivity contribution is -0.959. The molecule has 1 aromatic carbocycles. The van der Waals surface area contributed by atoms with E-state index in [-0.39, 0.29) is 0 Å². The zero-order chi connectivity index (χ0) is 16.5. The number of hydrogen-bond acceptors (Lipinski definition) is 4. The van der Waals surface area contributed by atoms with Gasteiger partial charge in [0.1, 0.15) is 12.4 Å². The molecule has 0 bridgehead atoms. The Hall–Kier alpha value is -1.57. The number of nitrogens with one attached hydrogen (secondary N) is 1. The molecular weight excluding hydrogens is 338 g/mol. The zero-order valence-corrected chi connectivity index (χ0v) is 15.4. The molecule has 2 atom stereocenters. The van der Waals surface area contributed by atoms with Crippen molar-refractivity contribution in [3.8, 4) is 0 Å². The monoisotopic (exact) mass is 360 g/mol. The highest BCUT2D eigenvalue weighted by molar-refractivity contribution is 7.71. The molecule has 126 valence electrons. The molecule has 2 aromatic heterocycles. The Labute approximate surface area is 150 Å². The van der Waals surface area contributed by atoms with Crippen LogP contribution >= 0.6 is 23.6 Å². The standard InChI is InChI=1S/C17H21N5S2/c1-2-20-11-18-22(17(20)23)12-21-10-6-5-8-14(21)16-19-13-7-3-4-9-15(13)24-16/h3-4,7,9,11,14H,2,5-6,8,10,12H2,1H3/p+1/t14-/m1/s1. The van der Waals surface area contributed by atoms with Crippen LogP contribution < -0.4 is 4.90 Å². The Bertz CT molecular complexity index is 861. The molecule has 1 unspecified atom stereocenters. The molecule has 1 fully saturated rings. The molecule has 5 nitrogen and oxygen atoms in total. The van der Waals surface area contributed by atoms with Gasteiger partial charge in [-0.05, 0) is 44.1 Å². The second-order valence-electron chi connectivity index (χ2n) is 6.33. The molecule has 0 saturated carbocycles. The number of piperidine rings is 1. The van der Waals surface area contributed by atoms with E-state index >= 15 is 0 Å². The molecule has 0 spiro atoms. The number of nitrogens with zero attached hydrogens (tertiary/aromatic N) is 4. The number of benzene rings is 1. The lowest BCUT2D eigenvalue weighted by Gasteiger charge is -2.30. The molecule has 1 N–H and O–H groups in total. The van der Waals surface area contributed by atoms with E-state index in [0.29, 0.717) is 6.04 Å². The van der Waals surface area contributed by atoms with Gasteiger partial charge in [-0.3, -0.25) is 0 Å². The smallest absolute Gasteiger partial charge is 0.202 e. The Balaban J connectivity index is 1.62. The van der Waals surface area contributed by atoms with E-state index in [2.05, 4.69) is 36.3 Å². The first kappa shape index (κ1) is 15.9. The summed E-state index contributed by atoms with van der Waals surface area (Å²) in [6.45, 7) is 4.95. The summed E-state index contributed by atoms with van der Waals surface area (Å²) in [5, 5.41) is 5.75. The normalized spacial score (nSPS) is 21.4. The molecule has 0 radical (unpaired) electrons. The van der Waals surface area contributed by atoms with Crippen LogP contribution in [0.4, 0.5) is 0 Å². The summed E-state index contributed by atoms with van der Waals surface area (Å²) in [5.74, 6) is 0. The topological polar surface area (TPSA) is 40.1 Å². The van der Waals surface area contributed by atoms with Crippen LogP contribution in [0.25, 0.3) is 10.2 Å². The van der Waals surface area contributed by atoms with Crippen LogP contribution in [0.3, 0.4) is 0 Å². The van der Waals surface area contributed by atoms with Crippen molar-refractivity contribution in [1.82, 2.24) is 19.3 Å². The fraction of sp³-hybridized carbons (Fsp3) is 0.471. The molecule has 24 heavy (non-hydrogen) atoms. The lowest BCUT2D eigenvalue weighted by atomic mass is 10.0.